The highest BCUT2D eigenvalue weighted by Gasteiger charge is 2.33. The largest absolute Gasteiger partial charge is 0.327 e. The molecule has 3 rings (SSSR count). The molecule has 0 radical (unpaired) electrons. The van der Waals surface area contributed by atoms with Crippen LogP contribution in [0.15, 0.2) is 48.2 Å². The molecule has 1 fully saturated rings. The molecule has 0 aromatic heterocycles. The Morgan fingerprint density at radius 2 is 1.92 bits per heavy atom. The molecule has 0 bridgehead atoms. The fourth-order valence-corrected chi connectivity index (χ4v) is 3.03. The third-order valence-corrected chi connectivity index (χ3v) is 4.19. The van der Waals surface area contributed by atoms with Crippen LogP contribution in [0.5, 0.6) is 0 Å². The molecule has 7 heteroatoms. The summed E-state index contributed by atoms with van der Waals surface area (Å²) in [6, 6.07) is 12.0. The second-order valence-electron chi connectivity index (χ2n) is 5.73. The summed E-state index contributed by atoms with van der Waals surface area (Å²) in [6.07, 6.45) is 1.45. The number of nitro groups is 1. The lowest BCUT2D eigenvalue weighted by atomic mass is 10.1. The number of benzene rings is 2. The molecule has 0 saturated carbocycles. The van der Waals surface area contributed by atoms with E-state index in [0.29, 0.717) is 11.3 Å². The summed E-state index contributed by atoms with van der Waals surface area (Å²) in [5.74, 6) is -0.338. The number of nitrogens with one attached hydrogen (secondary N) is 1. The van der Waals surface area contributed by atoms with Gasteiger partial charge in [-0.25, -0.2) is 0 Å². The van der Waals surface area contributed by atoms with Gasteiger partial charge in [0.1, 0.15) is 5.70 Å². The van der Waals surface area contributed by atoms with Crippen molar-refractivity contribution in [3.63, 3.8) is 0 Å². The molecule has 0 aliphatic carbocycles. The van der Waals surface area contributed by atoms with Crippen molar-refractivity contribution in [3.05, 3.63) is 75.0 Å². The first kappa shape index (κ1) is 16.8. The Morgan fingerprint density at radius 1 is 1.20 bits per heavy atom. The molecule has 1 aliphatic rings. The number of thiocarbonyl (C=S) groups is 1. The van der Waals surface area contributed by atoms with Crippen LogP contribution < -0.4 is 10.2 Å². The molecule has 0 spiro atoms. The summed E-state index contributed by atoms with van der Waals surface area (Å²) in [4.78, 5) is 24.8. The Morgan fingerprint density at radius 3 is 2.60 bits per heavy atom. The van der Waals surface area contributed by atoms with Gasteiger partial charge in [-0.05, 0) is 49.8 Å². The maximum atomic E-state index is 12.8. The van der Waals surface area contributed by atoms with Crippen LogP contribution in [-0.4, -0.2) is 15.9 Å². The molecular formula is C18H15N3O3S. The number of amides is 1. The lowest BCUT2D eigenvalue weighted by molar-refractivity contribution is -0.385. The van der Waals surface area contributed by atoms with E-state index in [-0.39, 0.29) is 22.4 Å². The molecule has 2 aromatic carbocycles. The predicted molar refractivity (Wildman–Crippen MR) is 100 cm³/mol. The number of aryl methyl sites for hydroxylation is 2. The topological polar surface area (TPSA) is 75.5 Å². The van der Waals surface area contributed by atoms with Crippen molar-refractivity contribution in [1.82, 2.24) is 5.32 Å². The summed E-state index contributed by atoms with van der Waals surface area (Å²) >= 11 is 5.29. The number of carbonyl (C=O) groups excluding carboxylic acids is 1. The van der Waals surface area contributed by atoms with Gasteiger partial charge in [-0.2, -0.15) is 0 Å². The van der Waals surface area contributed by atoms with E-state index in [4.69, 9.17) is 12.2 Å². The maximum absolute atomic E-state index is 12.8. The average Bonchev–Trinajstić information content (AvgIpc) is 2.82. The molecular weight excluding hydrogens is 338 g/mol. The SMILES string of the molecule is Cc1ccc(N2C(=O)/C(=C\c3ccccc3[N+](=O)[O-])NC2=S)c(C)c1. The second-order valence-corrected chi connectivity index (χ2v) is 6.12. The lowest BCUT2D eigenvalue weighted by Gasteiger charge is -2.17. The van der Waals surface area contributed by atoms with Crippen LogP contribution in [0.4, 0.5) is 11.4 Å². The number of para-hydroxylation sites is 1. The van der Waals surface area contributed by atoms with Crippen molar-refractivity contribution in [1.29, 1.82) is 0 Å². The molecule has 0 unspecified atom stereocenters. The minimum absolute atomic E-state index is 0.0690. The molecule has 1 aliphatic heterocycles. The summed E-state index contributed by atoms with van der Waals surface area (Å²) in [7, 11) is 0. The van der Waals surface area contributed by atoms with Gasteiger partial charge >= 0.3 is 0 Å². The van der Waals surface area contributed by atoms with Crippen LogP contribution >= 0.6 is 12.2 Å². The van der Waals surface area contributed by atoms with E-state index in [1.165, 1.54) is 17.0 Å². The second kappa shape index (κ2) is 6.45. The molecule has 2 aromatic rings. The molecule has 126 valence electrons. The van der Waals surface area contributed by atoms with E-state index >= 15 is 0 Å². The van der Waals surface area contributed by atoms with E-state index < -0.39 is 4.92 Å². The molecule has 1 heterocycles. The van der Waals surface area contributed by atoms with Crippen molar-refractivity contribution in [2.24, 2.45) is 0 Å². The zero-order valence-corrected chi connectivity index (χ0v) is 14.5. The van der Waals surface area contributed by atoms with Crippen molar-refractivity contribution in [3.8, 4) is 0 Å². The highest BCUT2D eigenvalue weighted by atomic mass is 32.1. The quantitative estimate of drug-likeness (QED) is 0.396. The van der Waals surface area contributed by atoms with Crippen LogP contribution in [0, 0.1) is 24.0 Å². The van der Waals surface area contributed by atoms with Gasteiger partial charge in [-0.15, -0.1) is 0 Å². The van der Waals surface area contributed by atoms with E-state index in [1.54, 1.807) is 18.2 Å². The monoisotopic (exact) mass is 353 g/mol. The summed E-state index contributed by atoms with van der Waals surface area (Å²) in [5.41, 5.74) is 3.18. The van der Waals surface area contributed by atoms with Crippen molar-refractivity contribution < 1.29 is 9.72 Å². The summed E-state index contributed by atoms with van der Waals surface area (Å²) in [6.45, 7) is 3.88. The van der Waals surface area contributed by atoms with Crippen molar-refractivity contribution in [2.75, 3.05) is 4.90 Å². The Hall–Kier alpha value is -3.06. The Bertz CT molecular complexity index is 937. The number of rotatable bonds is 3. The van der Waals surface area contributed by atoms with Gasteiger partial charge in [-0.1, -0.05) is 29.8 Å². The number of carbonyl (C=O) groups is 1. The molecule has 1 amide bonds. The van der Waals surface area contributed by atoms with E-state index in [0.717, 1.165) is 11.1 Å². The fraction of sp³-hybridized carbons (Fsp3) is 0.111. The Kier molecular flexibility index (Phi) is 4.33. The van der Waals surface area contributed by atoms with Crippen LogP contribution in [0.3, 0.4) is 0 Å². The first-order chi connectivity index (χ1) is 11.9. The normalized spacial score (nSPS) is 15.6. The van der Waals surface area contributed by atoms with Crippen LogP contribution in [0.1, 0.15) is 16.7 Å². The first-order valence-corrected chi connectivity index (χ1v) is 7.97. The smallest absolute Gasteiger partial charge is 0.281 e. The lowest BCUT2D eigenvalue weighted by Crippen LogP contribution is -2.30. The number of nitrogens with zero attached hydrogens (tertiary/aromatic N) is 2. The minimum atomic E-state index is -0.480. The predicted octanol–water partition coefficient (Wildman–Crippen LogP) is 3.47. The van der Waals surface area contributed by atoms with Crippen LogP contribution in [-0.2, 0) is 4.79 Å². The van der Waals surface area contributed by atoms with E-state index in [2.05, 4.69) is 5.32 Å². The number of anilines is 1. The van der Waals surface area contributed by atoms with Crippen molar-refractivity contribution >= 4 is 40.7 Å². The van der Waals surface area contributed by atoms with Crippen molar-refractivity contribution in [2.45, 2.75) is 13.8 Å². The zero-order valence-electron chi connectivity index (χ0n) is 13.6. The Balaban J connectivity index is 2.01. The third-order valence-electron chi connectivity index (χ3n) is 3.90. The van der Waals surface area contributed by atoms with Gasteiger partial charge in [-0.3, -0.25) is 19.8 Å². The van der Waals surface area contributed by atoms with Gasteiger partial charge in [0.2, 0.25) is 0 Å². The zero-order chi connectivity index (χ0) is 18.1. The standard InChI is InChI=1S/C18H15N3O3S/c1-11-7-8-15(12(2)9-11)20-17(22)14(19-18(20)25)10-13-5-3-4-6-16(13)21(23)24/h3-10H,1-2H3,(H,19,25)/b14-10+. The van der Waals surface area contributed by atoms with Gasteiger partial charge in [0, 0.05) is 6.07 Å². The average molecular weight is 353 g/mol. The van der Waals surface area contributed by atoms with Gasteiger partial charge < -0.3 is 5.32 Å². The number of hydrogen-bond acceptors (Lipinski definition) is 4. The minimum Gasteiger partial charge on any atom is -0.327 e. The molecule has 6 nitrogen and oxygen atoms in total. The molecule has 0 atom stereocenters. The van der Waals surface area contributed by atoms with E-state index in [9.17, 15) is 14.9 Å². The number of hydrogen-bond donors (Lipinski definition) is 1. The molecule has 1 N–H and O–H groups in total. The van der Waals surface area contributed by atoms with Gasteiger partial charge in [0.15, 0.2) is 5.11 Å². The van der Waals surface area contributed by atoms with Crippen LogP contribution in [0.25, 0.3) is 6.08 Å². The summed E-state index contributed by atoms with van der Waals surface area (Å²) in [5, 5.41) is 14.2. The van der Waals surface area contributed by atoms with E-state index in [1.807, 2.05) is 32.0 Å². The third kappa shape index (κ3) is 3.14. The highest BCUT2D eigenvalue weighted by molar-refractivity contribution is 7.80. The first-order valence-electron chi connectivity index (χ1n) is 7.56. The maximum Gasteiger partial charge on any atom is 0.281 e. The van der Waals surface area contributed by atoms with Gasteiger partial charge in [0.05, 0.1) is 16.2 Å². The number of nitro benzene ring substituents is 1. The molecule has 1 saturated heterocycles. The molecule has 25 heavy (non-hydrogen) atoms. The Labute approximate surface area is 149 Å². The van der Waals surface area contributed by atoms with Crippen LogP contribution in [0.2, 0.25) is 0 Å². The highest BCUT2D eigenvalue weighted by Crippen LogP contribution is 2.28. The summed E-state index contributed by atoms with van der Waals surface area (Å²) < 4.78 is 0. The van der Waals surface area contributed by atoms with Gasteiger partial charge in [0.25, 0.3) is 11.6 Å². The fourth-order valence-electron chi connectivity index (χ4n) is 2.74.